The number of nitrogens with zero attached hydrogens (tertiary/aromatic N) is 6. The van der Waals surface area contributed by atoms with Gasteiger partial charge in [0.05, 0.1) is 36.5 Å². The van der Waals surface area contributed by atoms with E-state index in [1.165, 1.54) is 31.1 Å². The number of methoxy groups -OCH3 is 1. The molecule has 1 aliphatic heterocycles. The van der Waals surface area contributed by atoms with Gasteiger partial charge in [0.15, 0.2) is 0 Å². The number of nitrogens with one attached hydrogen (secondary N) is 2. The number of aromatic amines is 1. The standard InChI is InChI=1S/C31H31ClN8O5/c1-19(41)39-12-11-21(17-39)13-26(34-29(42)10-7-23-15-24(32)8-9-28(23)40-18-33-37-38-40)27-16-25(31(44)36-35-27)22-5-3-20(4-6-22)14-30(43)45-2/h3-10,15-16,18,21,26H,11-14,17H2,1-2H3,(H,34,42)(H,36,44)/b10-7+/t21?,26-/m0/s1. The van der Waals surface area contributed by atoms with Crippen molar-refractivity contribution in [3.8, 4) is 16.8 Å². The summed E-state index contributed by atoms with van der Waals surface area (Å²) in [6, 6.07) is 13.2. The molecule has 0 radical (unpaired) electrons. The molecule has 1 aliphatic rings. The van der Waals surface area contributed by atoms with Gasteiger partial charge in [0.2, 0.25) is 11.8 Å². The molecule has 14 heteroatoms. The minimum absolute atomic E-state index is 0.000949. The molecule has 0 spiro atoms. The summed E-state index contributed by atoms with van der Waals surface area (Å²) >= 11 is 6.22. The normalized spacial score (nSPS) is 15.3. The van der Waals surface area contributed by atoms with Gasteiger partial charge in [0.25, 0.3) is 5.56 Å². The molecule has 45 heavy (non-hydrogen) atoms. The summed E-state index contributed by atoms with van der Waals surface area (Å²) in [4.78, 5) is 51.6. The maximum atomic E-state index is 13.3. The van der Waals surface area contributed by atoms with Crippen LogP contribution in [0.5, 0.6) is 0 Å². The first-order chi connectivity index (χ1) is 21.7. The third-order valence-corrected chi connectivity index (χ3v) is 7.87. The van der Waals surface area contributed by atoms with Crippen molar-refractivity contribution < 1.29 is 19.1 Å². The van der Waals surface area contributed by atoms with Crippen LogP contribution in [0.4, 0.5) is 0 Å². The summed E-state index contributed by atoms with van der Waals surface area (Å²) in [5, 5.41) is 21.6. The van der Waals surface area contributed by atoms with Gasteiger partial charge < -0.3 is 15.0 Å². The predicted molar refractivity (Wildman–Crippen MR) is 165 cm³/mol. The zero-order chi connectivity index (χ0) is 31.9. The van der Waals surface area contributed by atoms with Crippen LogP contribution in [0.2, 0.25) is 5.02 Å². The molecule has 0 aliphatic carbocycles. The first kappa shape index (κ1) is 31.3. The number of tetrazole rings is 1. The maximum Gasteiger partial charge on any atom is 0.309 e. The van der Waals surface area contributed by atoms with Crippen LogP contribution in [0.15, 0.2) is 65.7 Å². The van der Waals surface area contributed by atoms with E-state index in [0.717, 1.165) is 12.0 Å². The fraction of sp³-hybridized carbons (Fsp3) is 0.290. The Morgan fingerprint density at radius 2 is 1.98 bits per heavy atom. The summed E-state index contributed by atoms with van der Waals surface area (Å²) in [6.07, 6.45) is 5.82. The molecule has 232 valence electrons. The van der Waals surface area contributed by atoms with E-state index in [0.29, 0.717) is 52.6 Å². The number of benzene rings is 2. The number of hydrogen-bond donors (Lipinski definition) is 2. The largest absolute Gasteiger partial charge is 0.469 e. The molecular weight excluding hydrogens is 600 g/mol. The van der Waals surface area contributed by atoms with Crippen molar-refractivity contribution in [1.29, 1.82) is 0 Å². The Balaban J connectivity index is 1.41. The highest BCUT2D eigenvalue weighted by Gasteiger charge is 2.29. The summed E-state index contributed by atoms with van der Waals surface area (Å²) in [6.45, 7) is 2.74. The van der Waals surface area contributed by atoms with Crippen LogP contribution in [0.1, 0.15) is 42.6 Å². The van der Waals surface area contributed by atoms with Gasteiger partial charge in [-0.2, -0.15) is 9.78 Å². The number of H-pyrrole nitrogens is 1. The zero-order valence-electron chi connectivity index (χ0n) is 24.6. The van der Waals surface area contributed by atoms with Gasteiger partial charge in [-0.15, -0.1) is 5.10 Å². The van der Waals surface area contributed by atoms with E-state index >= 15 is 0 Å². The minimum atomic E-state index is -0.577. The van der Waals surface area contributed by atoms with E-state index in [4.69, 9.17) is 16.3 Å². The summed E-state index contributed by atoms with van der Waals surface area (Å²) in [5.41, 5.74) is 3.04. The number of ether oxygens (including phenoxy) is 1. The van der Waals surface area contributed by atoms with Crippen molar-refractivity contribution in [1.82, 2.24) is 40.6 Å². The number of hydrogen-bond acceptors (Lipinski definition) is 9. The third-order valence-electron chi connectivity index (χ3n) is 7.64. The Labute approximate surface area is 263 Å². The minimum Gasteiger partial charge on any atom is -0.469 e. The van der Waals surface area contributed by atoms with Crippen LogP contribution in [-0.4, -0.2) is 73.3 Å². The lowest BCUT2D eigenvalue weighted by Gasteiger charge is -2.22. The summed E-state index contributed by atoms with van der Waals surface area (Å²) in [7, 11) is 1.33. The van der Waals surface area contributed by atoms with Gasteiger partial charge in [0.1, 0.15) is 6.33 Å². The van der Waals surface area contributed by atoms with Crippen molar-refractivity contribution in [2.75, 3.05) is 20.2 Å². The molecule has 0 saturated carbocycles. The molecular formula is C31H31ClN8O5. The Morgan fingerprint density at radius 3 is 2.67 bits per heavy atom. The van der Waals surface area contributed by atoms with Gasteiger partial charge in [-0.3, -0.25) is 19.2 Å². The molecule has 2 aromatic carbocycles. The predicted octanol–water partition coefficient (Wildman–Crippen LogP) is 2.91. The van der Waals surface area contributed by atoms with Crippen molar-refractivity contribution in [3.05, 3.63) is 93.1 Å². The van der Waals surface area contributed by atoms with E-state index in [-0.39, 0.29) is 24.2 Å². The van der Waals surface area contributed by atoms with E-state index < -0.39 is 17.5 Å². The number of aromatic nitrogens is 6. The molecule has 4 aromatic rings. The number of halogens is 1. The van der Waals surface area contributed by atoms with Crippen LogP contribution in [0.25, 0.3) is 22.9 Å². The molecule has 2 N–H and O–H groups in total. The number of carbonyl (C=O) groups excluding carboxylic acids is 3. The van der Waals surface area contributed by atoms with E-state index in [1.54, 1.807) is 59.5 Å². The lowest BCUT2D eigenvalue weighted by molar-refractivity contribution is -0.139. The molecule has 13 nitrogen and oxygen atoms in total. The zero-order valence-corrected chi connectivity index (χ0v) is 25.4. The molecule has 1 unspecified atom stereocenters. The average molecular weight is 631 g/mol. The second-order valence-electron chi connectivity index (χ2n) is 10.7. The lowest BCUT2D eigenvalue weighted by atomic mass is 9.95. The highest BCUT2D eigenvalue weighted by Crippen LogP contribution is 2.29. The topological polar surface area (TPSA) is 165 Å². The van der Waals surface area contributed by atoms with Crippen LogP contribution < -0.4 is 10.9 Å². The quantitative estimate of drug-likeness (QED) is 0.198. The molecule has 2 atom stereocenters. The van der Waals surface area contributed by atoms with Crippen molar-refractivity contribution >= 4 is 35.5 Å². The third kappa shape index (κ3) is 7.87. The second kappa shape index (κ2) is 14.1. The van der Waals surface area contributed by atoms with Gasteiger partial charge in [-0.1, -0.05) is 35.9 Å². The average Bonchev–Trinajstić information content (AvgIpc) is 3.74. The van der Waals surface area contributed by atoms with Gasteiger partial charge >= 0.3 is 5.97 Å². The molecule has 2 amide bonds. The fourth-order valence-electron chi connectivity index (χ4n) is 5.28. The second-order valence-corrected chi connectivity index (χ2v) is 11.1. The summed E-state index contributed by atoms with van der Waals surface area (Å²) in [5.74, 6) is -0.652. The van der Waals surface area contributed by atoms with Gasteiger partial charge in [0, 0.05) is 36.7 Å². The Kier molecular flexibility index (Phi) is 9.78. The molecule has 1 fully saturated rings. The lowest BCUT2D eigenvalue weighted by Crippen LogP contribution is -2.31. The number of amides is 2. The van der Waals surface area contributed by atoms with Crippen LogP contribution >= 0.6 is 11.6 Å². The molecule has 0 bridgehead atoms. The van der Waals surface area contributed by atoms with Crippen molar-refractivity contribution in [2.45, 2.75) is 32.2 Å². The van der Waals surface area contributed by atoms with E-state index in [9.17, 15) is 19.2 Å². The van der Waals surface area contributed by atoms with Crippen LogP contribution in [0.3, 0.4) is 0 Å². The molecule has 1 saturated heterocycles. The van der Waals surface area contributed by atoms with Crippen molar-refractivity contribution in [3.63, 3.8) is 0 Å². The van der Waals surface area contributed by atoms with Gasteiger partial charge in [-0.25, -0.2) is 5.10 Å². The SMILES string of the molecule is COC(=O)Cc1ccc(-c2cc([C@H](CC3CCN(C(C)=O)C3)NC(=O)/C=C/c3cc(Cl)ccc3-n3cnnn3)n[nH]c2=O)cc1. The molecule has 3 heterocycles. The summed E-state index contributed by atoms with van der Waals surface area (Å²) < 4.78 is 6.19. The van der Waals surface area contributed by atoms with Crippen molar-refractivity contribution in [2.24, 2.45) is 5.92 Å². The van der Waals surface area contributed by atoms with Crippen LogP contribution in [-0.2, 0) is 25.5 Å². The van der Waals surface area contributed by atoms with E-state index in [2.05, 4.69) is 31.0 Å². The molecule has 2 aromatic heterocycles. The maximum absolute atomic E-state index is 13.3. The monoisotopic (exact) mass is 630 g/mol. The molecule has 5 rings (SSSR count). The number of likely N-dealkylation sites (tertiary alicyclic amines) is 1. The fourth-order valence-corrected chi connectivity index (χ4v) is 5.46. The highest BCUT2D eigenvalue weighted by atomic mass is 35.5. The Hall–Kier alpha value is -5.17. The number of rotatable bonds is 10. The number of carbonyl (C=O) groups is 3. The smallest absolute Gasteiger partial charge is 0.309 e. The first-order valence-corrected chi connectivity index (χ1v) is 14.6. The Morgan fingerprint density at radius 1 is 1.18 bits per heavy atom. The van der Waals surface area contributed by atoms with Crippen LogP contribution in [0, 0.1) is 5.92 Å². The van der Waals surface area contributed by atoms with E-state index in [1.807, 2.05) is 0 Å². The highest BCUT2D eigenvalue weighted by molar-refractivity contribution is 6.30. The first-order valence-electron chi connectivity index (χ1n) is 14.2. The number of esters is 1. The Bertz CT molecular complexity index is 1770. The van der Waals surface area contributed by atoms with Gasteiger partial charge in [-0.05, 0) is 70.7 Å².